The number of hydrogen-bond donors (Lipinski definition) is 0. The van der Waals surface area contributed by atoms with Crippen LogP contribution in [0.4, 0.5) is 52.7 Å². The molecule has 0 bridgehead atoms. The minimum Gasteiger partial charge on any atom is -0.291 e. The molecule has 0 radical (unpaired) electrons. The van der Waals surface area contributed by atoms with E-state index in [1.165, 1.54) is 0 Å². The first-order valence-electron chi connectivity index (χ1n) is 9.03. The molecule has 0 fully saturated rings. The van der Waals surface area contributed by atoms with Crippen LogP contribution in [-0.4, -0.2) is 19.0 Å². The maximum absolute atomic E-state index is 13.5. The van der Waals surface area contributed by atoms with E-state index in [1.54, 1.807) is 0 Å². The van der Waals surface area contributed by atoms with Crippen LogP contribution in [0.1, 0.15) is 34.5 Å². The molecule has 0 saturated carbocycles. The molecule has 0 saturated heterocycles. The fraction of sp³-hybridized carbons (Fsp3) is 0.368. The third-order valence-corrected chi connectivity index (χ3v) is 5.41. The zero-order valence-electron chi connectivity index (χ0n) is 17.0. The summed E-state index contributed by atoms with van der Waals surface area (Å²) in [7, 11) is -5.44. The standard InChI is InChI=1S/C19H13F12O3P/c1-35(32,33-14(18(26,27)28)10-4-2-6-12(8-10)16(20,21)22)34-15(19(29,30)31)11-5-3-7-13(9-11)17(23,24)25/h2-9,14-15H,1H3. The largest absolute Gasteiger partial charge is 0.419 e. The molecule has 0 N–H and O–H groups in total. The number of hydrogen-bond acceptors (Lipinski definition) is 3. The maximum Gasteiger partial charge on any atom is 0.419 e. The van der Waals surface area contributed by atoms with E-state index < -0.39 is 66.8 Å². The molecule has 0 aromatic heterocycles. The Morgan fingerprint density at radius 2 is 0.943 bits per heavy atom. The second kappa shape index (κ2) is 9.66. The second-order valence-electron chi connectivity index (χ2n) is 7.07. The second-order valence-corrected chi connectivity index (χ2v) is 9.04. The van der Waals surface area contributed by atoms with Gasteiger partial charge in [-0.25, -0.2) is 0 Å². The van der Waals surface area contributed by atoms with Crippen LogP contribution in [0.15, 0.2) is 48.5 Å². The fourth-order valence-corrected chi connectivity index (χ4v) is 4.08. The van der Waals surface area contributed by atoms with Gasteiger partial charge in [0.2, 0.25) is 0 Å². The van der Waals surface area contributed by atoms with Gasteiger partial charge in [0.1, 0.15) is 0 Å². The molecule has 2 aromatic carbocycles. The van der Waals surface area contributed by atoms with Crippen molar-refractivity contribution in [1.29, 1.82) is 0 Å². The van der Waals surface area contributed by atoms with Crippen LogP contribution in [0, 0.1) is 0 Å². The van der Waals surface area contributed by atoms with Crippen molar-refractivity contribution in [3.05, 3.63) is 70.8 Å². The highest BCUT2D eigenvalue weighted by Gasteiger charge is 2.50. The van der Waals surface area contributed by atoms with Crippen molar-refractivity contribution in [2.75, 3.05) is 6.66 Å². The van der Waals surface area contributed by atoms with Gasteiger partial charge in [0.15, 0.2) is 12.2 Å². The van der Waals surface area contributed by atoms with Crippen molar-refractivity contribution in [1.82, 2.24) is 0 Å². The third-order valence-electron chi connectivity index (χ3n) is 4.22. The van der Waals surface area contributed by atoms with Crippen LogP contribution >= 0.6 is 7.60 Å². The summed E-state index contributed by atoms with van der Waals surface area (Å²) in [6, 6.07) is 2.92. The van der Waals surface area contributed by atoms with E-state index >= 15 is 0 Å². The minimum atomic E-state index is -5.57. The predicted octanol–water partition coefficient (Wildman–Crippen LogP) is 8.49. The predicted molar refractivity (Wildman–Crippen MR) is 96.2 cm³/mol. The summed E-state index contributed by atoms with van der Waals surface area (Å²) in [5.74, 6) is 0. The quantitative estimate of drug-likeness (QED) is 0.268. The van der Waals surface area contributed by atoms with E-state index in [0.717, 1.165) is 0 Å². The van der Waals surface area contributed by atoms with Crippen LogP contribution in [0.25, 0.3) is 0 Å². The summed E-state index contributed by atoms with van der Waals surface area (Å²) in [5, 5.41) is 0. The molecular weight excluding hydrogens is 535 g/mol. The maximum atomic E-state index is 13.5. The van der Waals surface area contributed by atoms with Gasteiger partial charge in [0.25, 0.3) is 0 Å². The van der Waals surface area contributed by atoms with Crippen molar-refractivity contribution in [3.8, 4) is 0 Å². The summed E-state index contributed by atoms with van der Waals surface area (Å²) in [6.07, 6.45) is -28.2. The average molecular weight is 548 g/mol. The summed E-state index contributed by atoms with van der Waals surface area (Å²) in [4.78, 5) is 0. The van der Waals surface area contributed by atoms with Crippen LogP contribution in [0.2, 0.25) is 0 Å². The number of benzene rings is 2. The van der Waals surface area contributed by atoms with Gasteiger partial charge in [-0.15, -0.1) is 0 Å². The topological polar surface area (TPSA) is 35.5 Å². The monoisotopic (exact) mass is 548 g/mol. The lowest BCUT2D eigenvalue weighted by Crippen LogP contribution is -2.26. The van der Waals surface area contributed by atoms with E-state index in [2.05, 4.69) is 9.05 Å². The van der Waals surface area contributed by atoms with Gasteiger partial charge < -0.3 is 0 Å². The molecular formula is C19H13F12O3P. The van der Waals surface area contributed by atoms with Gasteiger partial charge in [0.05, 0.1) is 11.1 Å². The van der Waals surface area contributed by atoms with E-state index in [1.807, 2.05) is 0 Å². The van der Waals surface area contributed by atoms with Gasteiger partial charge >= 0.3 is 32.3 Å². The molecule has 35 heavy (non-hydrogen) atoms. The van der Waals surface area contributed by atoms with Gasteiger partial charge in [0, 0.05) is 6.66 Å². The summed E-state index contributed by atoms with van der Waals surface area (Å²) >= 11 is 0. The van der Waals surface area contributed by atoms with Crippen molar-refractivity contribution >= 4 is 7.60 Å². The molecule has 2 rings (SSSR count). The highest BCUT2D eigenvalue weighted by Crippen LogP contribution is 2.57. The molecule has 0 aliphatic carbocycles. The van der Waals surface area contributed by atoms with E-state index in [4.69, 9.17) is 0 Å². The molecule has 2 atom stereocenters. The Hall–Kier alpha value is -2.25. The van der Waals surface area contributed by atoms with Gasteiger partial charge in [-0.2, -0.15) is 52.7 Å². The van der Waals surface area contributed by atoms with Gasteiger partial charge in [-0.3, -0.25) is 13.6 Å². The Labute approximate surface area is 189 Å². The normalized spacial score (nSPS) is 17.1. The fourth-order valence-electron chi connectivity index (χ4n) is 2.78. The lowest BCUT2D eigenvalue weighted by molar-refractivity contribution is -0.213. The summed E-state index contributed by atoms with van der Waals surface area (Å²) in [5.41, 5.74) is -5.62. The van der Waals surface area contributed by atoms with E-state index in [9.17, 15) is 57.3 Å². The Morgan fingerprint density at radius 3 is 1.20 bits per heavy atom. The SMILES string of the molecule is CP(=O)(OC(c1cccc(C(F)(F)F)c1)C(F)(F)F)OC(c1cccc(C(F)(F)F)c1)C(F)(F)F. The zero-order chi connectivity index (χ0) is 27.0. The molecule has 0 aliphatic heterocycles. The van der Waals surface area contributed by atoms with E-state index in [-0.39, 0.29) is 18.8 Å². The molecule has 196 valence electrons. The number of halogens is 12. The Morgan fingerprint density at radius 1 is 0.629 bits per heavy atom. The van der Waals surface area contributed by atoms with Crippen LogP contribution in [0.5, 0.6) is 0 Å². The minimum absolute atomic E-state index is 0.00774. The molecule has 0 heterocycles. The molecule has 2 unspecified atom stereocenters. The van der Waals surface area contributed by atoms with E-state index in [0.29, 0.717) is 36.4 Å². The Bertz CT molecular complexity index is 991. The van der Waals surface area contributed by atoms with Crippen LogP contribution in [-0.2, 0) is 26.0 Å². The van der Waals surface area contributed by atoms with Crippen molar-refractivity contribution in [2.45, 2.75) is 36.9 Å². The summed E-state index contributed by atoms with van der Waals surface area (Å²) < 4.78 is 179. The van der Waals surface area contributed by atoms with Gasteiger partial charge in [-0.1, -0.05) is 24.3 Å². The van der Waals surface area contributed by atoms with Crippen molar-refractivity contribution in [2.24, 2.45) is 0 Å². The van der Waals surface area contributed by atoms with Crippen molar-refractivity contribution < 1.29 is 66.3 Å². The first kappa shape index (κ1) is 29.0. The number of rotatable bonds is 6. The Balaban J connectivity index is 2.46. The Kier molecular flexibility index (Phi) is 8.00. The third kappa shape index (κ3) is 7.87. The molecule has 2 aromatic rings. The molecule has 0 aliphatic rings. The van der Waals surface area contributed by atoms with Crippen molar-refractivity contribution in [3.63, 3.8) is 0 Å². The van der Waals surface area contributed by atoms with Crippen LogP contribution in [0.3, 0.4) is 0 Å². The highest BCUT2D eigenvalue weighted by atomic mass is 31.2. The molecule has 16 heteroatoms. The molecule has 3 nitrogen and oxygen atoms in total. The first-order valence-corrected chi connectivity index (χ1v) is 11.0. The highest BCUT2D eigenvalue weighted by molar-refractivity contribution is 7.53. The average Bonchev–Trinajstić information content (AvgIpc) is 2.68. The van der Waals surface area contributed by atoms with Crippen LogP contribution < -0.4 is 0 Å². The smallest absolute Gasteiger partial charge is 0.291 e. The summed E-state index contributed by atoms with van der Waals surface area (Å²) in [6.45, 7) is 0.172. The van der Waals surface area contributed by atoms with Gasteiger partial charge in [-0.05, 0) is 35.4 Å². The lowest BCUT2D eigenvalue weighted by Gasteiger charge is -2.29. The zero-order valence-corrected chi connectivity index (χ0v) is 17.9. The number of alkyl halides is 12. The molecule has 0 spiro atoms. The lowest BCUT2D eigenvalue weighted by atomic mass is 10.1. The molecule has 0 amide bonds. The first-order chi connectivity index (χ1) is 15.6.